The predicted octanol–water partition coefficient (Wildman–Crippen LogP) is 4.57. The van der Waals surface area contributed by atoms with Gasteiger partial charge < -0.3 is 18.9 Å². The summed E-state index contributed by atoms with van der Waals surface area (Å²) in [6.07, 6.45) is 1.04. The lowest BCUT2D eigenvalue weighted by molar-refractivity contribution is -0.297. The van der Waals surface area contributed by atoms with E-state index in [9.17, 15) is 0 Å². The van der Waals surface area contributed by atoms with Crippen LogP contribution in [0.1, 0.15) is 45.3 Å². The van der Waals surface area contributed by atoms with Crippen molar-refractivity contribution in [3.63, 3.8) is 0 Å². The maximum absolute atomic E-state index is 6.39. The van der Waals surface area contributed by atoms with Gasteiger partial charge in [0.05, 0.1) is 6.10 Å². The molecule has 130 valence electrons. The van der Waals surface area contributed by atoms with E-state index in [2.05, 4.69) is 0 Å². The molecule has 1 heterocycles. The van der Waals surface area contributed by atoms with Gasteiger partial charge in [0.1, 0.15) is 0 Å². The molecule has 2 rings (SSSR count). The SMILES string of the molecule is CCOC1CCC(C(OCC)c2ccccc2Cl)C(OCC)O1. The van der Waals surface area contributed by atoms with E-state index in [0.29, 0.717) is 24.8 Å². The van der Waals surface area contributed by atoms with E-state index in [1.165, 1.54) is 0 Å². The molecule has 5 heteroatoms. The van der Waals surface area contributed by atoms with E-state index in [1.54, 1.807) is 0 Å². The van der Waals surface area contributed by atoms with E-state index in [1.807, 2.05) is 45.0 Å². The number of rotatable bonds is 8. The third-order valence-corrected chi connectivity index (χ3v) is 4.35. The topological polar surface area (TPSA) is 36.9 Å². The van der Waals surface area contributed by atoms with Crippen molar-refractivity contribution in [3.8, 4) is 0 Å². The van der Waals surface area contributed by atoms with Crippen LogP contribution >= 0.6 is 11.6 Å². The molecule has 1 aliphatic rings. The average Bonchev–Trinajstić information content (AvgIpc) is 2.55. The highest BCUT2D eigenvalue weighted by Gasteiger charge is 2.39. The van der Waals surface area contributed by atoms with Gasteiger partial charge in [-0.1, -0.05) is 29.8 Å². The molecule has 0 bridgehead atoms. The fourth-order valence-corrected chi connectivity index (χ4v) is 3.29. The van der Waals surface area contributed by atoms with Crippen LogP contribution in [0.4, 0.5) is 0 Å². The molecule has 0 aromatic heterocycles. The Morgan fingerprint density at radius 1 is 1.09 bits per heavy atom. The second kappa shape index (κ2) is 9.60. The molecule has 0 amide bonds. The van der Waals surface area contributed by atoms with Crippen LogP contribution in [0.5, 0.6) is 0 Å². The van der Waals surface area contributed by atoms with Gasteiger partial charge in [-0.25, -0.2) is 0 Å². The van der Waals surface area contributed by atoms with Crippen molar-refractivity contribution in [1.82, 2.24) is 0 Å². The van der Waals surface area contributed by atoms with Crippen molar-refractivity contribution >= 4 is 11.6 Å². The van der Waals surface area contributed by atoms with Gasteiger partial charge in [-0.15, -0.1) is 0 Å². The zero-order valence-electron chi connectivity index (χ0n) is 14.2. The third kappa shape index (κ3) is 4.91. The first kappa shape index (κ1) is 18.7. The van der Waals surface area contributed by atoms with E-state index in [-0.39, 0.29) is 24.6 Å². The highest BCUT2D eigenvalue weighted by molar-refractivity contribution is 6.31. The van der Waals surface area contributed by atoms with Crippen molar-refractivity contribution in [2.45, 2.75) is 52.3 Å². The Bertz CT molecular complexity index is 468. The van der Waals surface area contributed by atoms with Gasteiger partial charge in [0.15, 0.2) is 12.6 Å². The Labute approximate surface area is 144 Å². The summed E-state index contributed by atoms with van der Waals surface area (Å²) in [6.45, 7) is 7.76. The maximum Gasteiger partial charge on any atom is 0.166 e. The second-order valence-corrected chi connectivity index (χ2v) is 5.89. The van der Waals surface area contributed by atoms with Crippen LogP contribution in [0.25, 0.3) is 0 Å². The zero-order valence-corrected chi connectivity index (χ0v) is 14.9. The van der Waals surface area contributed by atoms with Gasteiger partial charge in [-0.2, -0.15) is 0 Å². The quantitative estimate of drug-likeness (QED) is 0.693. The summed E-state index contributed by atoms with van der Waals surface area (Å²) in [4.78, 5) is 0. The Kier molecular flexibility index (Phi) is 7.80. The summed E-state index contributed by atoms with van der Waals surface area (Å²) in [5.41, 5.74) is 0.990. The second-order valence-electron chi connectivity index (χ2n) is 5.48. The largest absolute Gasteiger partial charge is 0.373 e. The summed E-state index contributed by atoms with van der Waals surface area (Å²) in [5, 5.41) is 0.716. The zero-order chi connectivity index (χ0) is 16.7. The molecular weight excluding hydrogens is 316 g/mol. The minimum atomic E-state index is -0.349. The molecule has 23 heavy (non-hydrogen) atoms. The molecule has 4 unspecified atom stereocenters. The Morgan fingerprint density at radius 2 is 1.83 bits per heavy atom. The first-order valence-corrected chi connectivity index (χ1v) is 8.83. The van der Waals surface area contributed by atoms with Crippen LogP contribution < -0.4 is 0 Å². The molecule has 0 radical (unpaired) electrons. The van der Waals surface area contributed by atoms with Gasteiger partial charge in [-0.05, 0) is 45.2 Å². The van der Waals surface area contributed by atoms with Crippen LogP contribution in [0, 0.1) is 5.92 Å². The number of halogens is 1. The Morgan fingerprint density at radius 3 is 2.48 bits per heavy atom. The lowest BCUT2D eigenvalue weighted by Gasteiger charge is -2.39. The van der Waals surface area contributed by atoms with Crippen molar-refractivity contribution < 1.29 is 18.9 Å². The Balaban J connectivity index is 2.21. The molecule has 0 aliphatic carbocycles. The summed E-state index contributed by atoms with van der Waals surface area (Å²) in [5.74, 6) is 0.0894. The van der Waals surface area contributed by atoms with E-state index < -0.39 is 0 Å². The molecular formula is C18H27ClO4. The molecule has 1 aliphatic heterocycles. The number of hydrogen-bond donors (Lipinski definition) is 0. The molecule has 0 N–H and O–H groups in total. The summed E-state index contributed by atoms with van der Waals surface area (Å²) in [6, 6.07) is 7.82. The van der Waals surface area contributed by atoms with Crippen molar-refractivity contribution in [3.05, 3.63) is 34.9 Å². The third-order valence-electron chi connectivity index (χ3n) is 4.00. The number of benzene rings is 1. The summed E-state index contributed by atoms with van der Waals surface area (Å²) >= 11 is 6.39. The van der Waals surface area contributed by atoms with Crippen molar-refractivity contribution in [2.24, 2.45) is 5.92 Å². The standard InChI is InChI=1S/C18H27ClO4/c1-4-20-16-12-11-14(18(23-16)22-6-3)17(21-5-2)13-9-7-8-10-15(13)19/h7-10,14,16-18H,4-6,11-12H2,1-3H3. The van der Waals surface area contributed by atoms with Crippen LogP contribution in [0.15, 0.2) is 24.3 Å². The minimum absolute atomic E-state index is 0.0894. The molecule has 0 spiro atoms. The van der Waals surface area contributed by atoms with E-state index in [0.717, 1.165) is 18.4 Å². The van der Waals surface area contributed by atoms with Crippen molar-refractivity contribution in [2.75, 3.05) is 19.8 Å². The molecule has 1 fully saturated rings. The van der Waals surface area contributed by atoms with Gasteiger partial charge in [-0.3, -0.25) is 0 Å². The molecule has 4 nitrogen and oxygen atoms in total. The minimum Gasteiger partial charge on any atom is -0.373 e. The monoisotopic (exact) mass is 342 g/mol. The smallest absolute Gasteiger partial charge is 0.166 e. The Hall–Kier alpha value is -0.650. The lowest BCUT2D eigenvalue weighted by atomic mass is 9.89. The van der Waals surface area contributed by atoms with E-state index >= 15 is 0 Å². The first-order valence-electron chi connectivity index (χ1n) is 8.45. The van der Waals surface area contributed by atoms with Gasteiger partial charge in [0, 0.05) is 30.8 Å². The van der Waals surface area contributed by atoms with Crippen molar-refractivity contribution in [1.29, 1.82) is 0 Å². The molecule has 1 aromatic rings. The first-order chi connectivity index (χ1) is 11.2. The average molecular weight is 343 g/mol. The molecule has 4 atom stereocenters. The maximum atomic E-state index is 6.39. The fraction of sp³-hybridized carbons (Fsp3) is 0.667. The van der Waals surface area contributed by atoms with Gasteiger partial charge in [0.25, 0.3) is 0 Å². The normalized spacial score (nSPS) is 26.2. The lowest BCUT2D eigenvalue weighted by Crippen LogP contribution is -2.41. The molecule has 0 saturated carbocycles. The number of hydrogen-bond acceptors (Lipinski definition) is 4. The van der Waals surface area contributed by atoms with Crippen LogP contribution in [0.3, 0.4) is 0 Å². The highest BCUT2D eigenvalue weighted by Crippen LogP contribution is 2.40. The van der Waals surface area contributed by atoms with Gasteiger partial charge >= 0.3 is 0 Å². The highest BCUT2D eigenvalue weighted by atomic mass is 35.5. The number of ether oxygens (including phenoxy) is 4. The van der Waals surface area contributed by atoms with Crippen LogP contribution in [-0.2, 0) is 18.9 Å². The van der Waals surface area contributed by atoms with Crippen LogP contribution in [-0.4, -0.2) is 32.4 Å². The van der Waals surface area contributed by atoms with Gasteiger partial charge in [0.2, 0.25) is 0 Å². The summed E-state index contributed by atoms with van der Waals surface area (Å²) in [7, 11) is 0. The molecule has 1 aromatic carbocycles. The summed E-state index contributed by atoms with van der Waals surface area (Å²) < 4.78 is 23.5. The molecule has 1 saturated heterocycles. The van der Waals surface area contributed by atoms with Crippen LogP contribution in [0.2, 0.25) is 5.02 Å². The van der Waals surface area contributed by atoms with E-state index in [4.69, 9.17) is 30.5 Å². The predicted molar refractivity (Wildman–Crippen MR) is 90.5 cm³/mol. The fourth-order valence-electron chi connectivity index (χ4n) is 3.04.